The maximum absolute atomic E-state index is 10.5. The van der Waals surface area contributed by atoms with Crippen LogP contribution in [0.3, 0.4) is 0 Å². The number of nitrogens with one attached hydrogen (secondary N) is 1. The predicted octanol–water partition coefficient (Wildman–Crippen LogP) is 1.52. The van der Waals surface area contributed by atoms with Crippen LogP contribution in [0.25, 0.3) is 0 Å². The Balaban J connectivity index is 0.000000620. The van der Waals surface area contributed by atoms with Gasteiger partial charge in [-0.1, -0.05) is 32.1 Å². The summed E-state index contributed by atoms with van der Waals surface area (Å²) in [5.74, 6) is 0. The van der Waals surface area contributed by atoms with Crippen molar-refractivity contribution in [3.8, 4) is 0 Å². The molecule has 24 heavy (non-hydrogen) atoms. The molecule has 0 aromatic carbocycles. The van der Waals surface area contributed by atoms with Gasteiger partial charge < -0.3 is 29.9 Å². The van der Waals surface area contributed by atoms with Gasteiger partial charge in [-0.2, -0.15) is 0 Å². The molecule has 0 aliphatic heterocycles. The number of hydrogen-bond acceptors (Lipinski definition) is 4. The van der Waals surface area contributed by atoms with Crippen molar-refractivity contribution < 1.29 is 33.7 Å². The summed E-state index contributed by atoms with van der Waals surface area (Å²) in [5, 5.41) is 0. The number of rotatable bonds is 10. The van der Waals surface area contributed by atoms with E-state index in [4.69, 9.17) is 20.4 Å². The van der Waals surface area contributed by atoms with Gasteiger partial charge >= 0.3 is 7.60 Å². The van der Waals surface area contributed by atoms with Gasteiger partial charge in [0.1, 0.15) is 7.60 Å². The van der Waals surface area contributed by atoms with E-state index >= 15 is 0 Å². The molecule has 1 heterocycles. The van der Waals surface area contributed by atoms with E-state index in [2.05, 4.69) is 4.98 Å². The van der Waals surface area contributed by atoms with E-state index in [0.29, 0.717) is 12.8 Å². The highest BCUT2D eigenvalue weighted by atomic mass is 31.2. The highest BCUT2D eigenvalue weighted by Crippen LogP contribution is 2.35. The summed E-state index contributed by atoms with van der Waals surface area (Å²) < 4.78 is 20.9. The first-order valence-electron chi connectivity index (χ1n) is 7.89. The third-order valence-electron chi connectivity index (χ3n) is 3.13. The van der Waals surface area contributed by atoms with E-state index in [1.807, 2.05) is 0 Å². The summed E-state index contributed by atoms with van der Waals surface area (Å²) in [5.41, 5.74) is 6.13. The van der Waals surface area contributed by atoms with Crippen LogP contribution < -0.4 is 15.6 Å². The van der Waals surface area contributed by atoms with Gasteiger partial charge in [0, 0.05) is 30.1 Å². The minimum atomic E-state index is -4.09. The van der Waals surface area contributed by atoms with Gasteiger partial charge in [0.05, 0.1) is 0 Å². The molecule has 0 spiro atoms. The molecular formula is C14H28N2O6P2. The van der Waals surface area contributed by atoms with Crippen molar-refractivity contribution in [3.05, 3.63) is 24.5 Å². The molecule has 0 fully saturated rings. The molecule has 1 aromatic rings. The van der Waals surface area contributed by atoms with E-state index in [-0.39, 0.29) is 12.3 Å². The van der Waals surface area contributed by atoms with Gasteiger partial charge in [-0.25, -0.2) is 4.98 Å². The van der Waals surface area contributed by atoms with E-state index in [1.54, 1.807) is 24.5 Å². The Morgan fingerprint density at radius 1 is 0.875 bits per heavy atom. The smallest absolute Gasteiger partial charge is 0.325 e. The van der Waals surface area contributed by atoms with Crippen LogP contribution in [0.15, 0.2) is 24.5 Å². The van der Waals surface area contributed by atoms with Gasteiger partial charge in [-0.15, -0.1) is 0 Å². The van der Waals surface area contributed by atoms with Crippen molar-refractivity contribution >= 4 is 20.9 Å². The minimum absolute atomic E-state index is 0.0587. The summed E-state index contributed by atoms with van der Waals surface area (Å²) in [6.45, 7) is 0. The van der Waals surface area contributed by atoms with Crippen LogP contribution in [0.5, 0.6) is 0 Å². The predicted molar refractivity (Wildman–Crippen MR) is 91.3 cm³/mol. The fourth-order valence-electron chi connectivity index (χ4n) is 1.91. The molecule has 1 aromatic heterocycles. The van der Waals surface area contributed by atoms with Crippen LogP contribution in [-0.2, 0) is 9.13 Å². The molecule has 0 bridgehead atoms. The Labute approximate surface area is 142 Å². The molecule has 1 unspecified atom stereocenters. The summed E-state index contributed by atoms with van der Waals surface area (Å²) in [7, 11) is -7.93. The molecule has 0 saturated carbocycles. The summed E-state index contributed by atoms with van der Waals surface area (Å²) in [4.78, 5) is 39.0. The second-order valence-corrected chi connectivity index (χ2v) is 9.06. The average molecular weight is 382 g/mol. The zero-order valence-corrected chi connectivity index (χ0v) is 15.5. The Bertz CT molecular complexity index is 489. The number of H-pyrrole nitrogens is 1. The second kappa shape index (κ2) is 12.6. The second-order valence-electron chi connectivity index (χ2n) is 5.56. The molecule has 8 nitrogen and oxygen atoms in total. The highest BCUT2D eigenvalue weighted by Gasteiger charge is 2.10. The van der Waals surface area contributed by atoms with Crippen molar-refractivity contribution in [3.63, 3.8) is 0 Å². The van der Waals surface area contributed by atoms with Crippen LogP contribution in [0.1, 0.15) is 44.9 Å². The standard InChI is InChI=1S/C9H22O6P2.C5H6N2/c10-16(11,12)8-6-4-2-1-3-5-7-9-17(13,14)15;6-5-1-3-7-4-2-5/h1-9H2,(H2,10,11,12)(H2,13,14,15);1-4H,(H2,6,7). The number of aromatic nitrogens is 1. The molecule has 0 saturated heterocycles. The molecule has 0 aliphatic carbocycles. The fraction of sp³-hybridized carbons (Fsp3) is 0.643. The lowest BCUT2D eigenvalue weighted by molar-refractivity contribution is -0.377. The minimum Gasteiger partial charge on any atom is -0.779 e. The number of anilines is 1. The van der Waals surface area contributed by atoms with Gasteiger partial charge in [0.2, 0.25) is 0 Å². The molecule has 0 radical (unpaired) electrons. The Morgan fingerprint density at radius 2 is 1.29 bits per heavy atom. The molecule has 140 valence electrons. The highest BCUT2D eigenvalue weighted by molar-refractivity contribution is 7.51. The maximum Gasteiger partial charge on any atom is 0.325 e. The zero-order chi connectivity index (χ0) is 18.5. The monoisotopic (exact) mass is 382 g/mol. The van der Waals surface area contributed by atoms with Crippen molar-refractivity contribution in [1.29, 1.82) is 0 Å². The molecule has 1 rings (SSSR count). The van der Waals surface area contributed by atoms with Crippen molar-refractivity contribution in [2.75, 3.05) is 18.1 Å². The summed E-state index contributed by atoms with van der Waals surface area (Å²) in [6, 6.07) is 3.61. The lowest BCUT2D eigenvalue weighted by atomic mass is 10.1. The first-order chi connectivity index (χ1) is 11.1. The SMILES string of the molecule is Nc1cc[nH+]cc1.O=P([O-])(O)CCCCCCCCCP(=O)(O)O. The first-order valence-corrected chi connectivity index (χ1v) is 11.5. The van der Waals surface area contributed by atoms with Crippen molar-refractivity contribution in [2.45, 2.75) is 44.9 Å². The van der Waals surface area contributed by atoms with Crippen molar-refractivity contribution in [1.82, 2.24) is 0 Å². The fourth-order valence-corrected chi connectivity index (χ4v) is 3.17. The van der Waals surface area contributed by atoms with E-state index in [0.717, 1.165) is 37.8 Å². The molecule has 1 atom stereocenters. The van der Waals surface area contributed by atoms with Gasteiger partial charge in [-0.05, 0) is 12.8 Å². The molecule has 0 aliphatic rings. The molecular weight excluding hydrogens is 354 g/mol. The zero-order valence-electron chi connectivity index (χ0n) is 13.7. The summed E-state index contributed by atoms with van der Waals surface area (Å²) >= 11 is 0. The Kier molecular flexibility index (Phi) is 12.2. The lowest BCUT2D eigenvalue weighted by Crippen LogP contribution is -2.03. The number of nitrogen functional groups attached to an aromatic ring is 1. The van der Waals surface area contributed by atoms with E-state index in [9.17, 15) is 14.0 Å². The largest absolute Gasteiger partial charge is 0.779 e. The topological polar surface area (TPSA) is 158 Å². The van der Waals surface area contributed by atoms with Crippen LogP contribution in [-0.4, -0.2) is 27.0 Å². The Morgan fingerprint density at radius 3 is 1.62 bits per heavy atom. The van der Waals surface area contributed by atoms with E-state index in [1.165, 1.54) is 0 Å². The van der Waals surface area contributed by atoms with Gasteiger partial charge in [0.25, 0.3) is 0 Å². The van der Waals surface area contributed by atoms with E-state index < -0.39 is 15.2 Å². The number of hydrogen-bond donors (Lipinski definition) is 4. The van der Waals surface area contributed by atoms with Crippen LogP contribution in [0.4, 0.5) is 5.69 Å². The molecule has 10 heteroatoms. The Hall–Kier alpha value is -0.750. The number of nitrogens with two attached hydrogens (primary N) is 1. The third-order valence-corrected chi connectivity index (χ3v) is 4.91. The number of pyridine rings is 1. The molecule has 0 amide bonds. The van der Waals surface area contributed by atoms with Crippen LogP contribution in [0, 0.1) is 0 Å². The van der Waals surface area contributed by atoms with Crippen molar-refractivity contribution in [2.24, 2.45) is 0 Å². The van der Waals surface area contributed by atoms with Gasteiger partial charge in [-0.3, -0.25) is 4.57 Å². The maximum atomic E-state index is 10.5. The first kappa shape index (κ1) is 23.2. The van der Waals surface area contributed by atoms with Crippen LogP contribution >= 0.6 is 15.2 Å². The normalized spacial score (nSPS) is 13.7. The number of aromatic amines is 1. The molecule has 6 N–H and O–H groups in total. The lowest BCUT2D eigenvalue weighted by Gasteiger charge is -2.14. The van der Waals surface area contributed by atoms with Crippen LogP contribution in [0.2, 0.25) is 0 Å². The summed E-state index contributed by atoms with van der Waals surface area (Å²) in [6.07, 6.45) is 8.60. The third kappa shape index (κ3) is 19.3. The quantitative estimate of drug-likeness (QED) is 0.353. The van der Waals surface area contributed by atoms with Gasteiger partial charge in [0.15, 0.2) is 12.4 Å². The average Bonchev–Trinajstić information content (AvgIpc) is 2.45. The number of unbranched alkanes of at least 4 members (excludes halogenated alkanes) is 6.